The Morgan fingerprint density at radius 2 is 2.12 bits per heavy atom. The number of rotatable bonds is 5. The molecule has 0 amide bonds. The molecule has 2 fully saturated rings. The maximum Gasteiger partial charge on any atom is 0.165 e. The zero-order chi connectivity index (χ0) is 16.2. The van der Waals surface area contributed by atoms with Crippen molar-refractivity contribution >= 4 is 0 Å². The van der Waals surface area contributed by atoms with Crippen LogP contribution < -0.4 is 0 Å². The Labute approximate surface area is 141 Å². The molecule has 0 bridgehead atoms. The quantitative estimate of drug-likeness (QED) is 0.818. The summed E-state index contributed by atoms with van der Waals surface area (Å²) >= 11 is 0. The molecule has 8 nitrogen and oxygen atoms in total. The second-order valence-electron chi connectivity index (χ2n) is 6.85. The van der Waals surface area contributed by atoms with Crippen molar-refractivity contribution in [1.82, 2.24) is 34.9 Å². The van der Waals surface area contributed by atoms with Crippen molar-refractivity contribution in [3.8, 4) is 0 Å². The van der Waals surface area contributed by atoms with Crippen molar-refractivity contribution < 1.29 is 4.74 Å². The molecule has 2 aliphatic rings. The van der Waals surface area contributed by atoms with Crippen LogP contribution in [0.4, 0.5) is 0 Å². The van der Waals surface area contributed by atoms with Crippen LogP contribution in [0.3, 0.4) is 0 Å². The van der Waals surface area contributed by atoms with Gasteiger partial charge in [-0.05, 0) is 54.6 Å². The predicted octanol–water partition coefficient (Wildman–Crippen LogP) is 1.13. The van der Waals surface area contributed by atoms with Gasteiger partial charge in [0.1, 0.15) is 0 Å². The van der Waals surface area contributed by atoms with Gasteiger partial charge in [-0.25, -0.2) is 4.68 Å². The summed E-state index contributed by atoms with van der Waals surface area (Å²) in [5, 5.41) is 16.8. The lowest BCUT2D eigenvalue weighted by Crippen LogP contribution is -2.37. The van der Waals surface area contributed by atoms with Crippen LogP contribution in [-0.4, -0.2) is 61.2 Å². The fourth-order valence-electron chi connectivity index (χ4n) is 3.74. The van der Waals surface area contributed by atoms with Crippen LogP contribution >= 0.6 is 0 Å². The monoisotopic (exact) mass is 331 g/mol. The molecule has 0 spiro atoms. The maximum atomic E-state index is 5.44. The molecule has 0 N–H and O–H groups in total. The van der Waals surface area contributed by atoms with Crippen LogP contribution in [0.2, 0.25) is 0 Å². The molecule has 2 aliphatic heterocycles. The third kappa shape index (κ3) is 3.64. The Morgan fingerprint density at radius 1 is 1.21 bits per heavy atom. The van der Waals surface area contributed by atoms with Gasteiger partial charge >= 0.3 is 0 Å². The average Bonchev–Trinajstić information content (AvgIpc) is 3.29. The van der Waals surface area contributed by atoms with E-state index in [2.05, 4.69) is 36.4 Å². The molecule has 2 aromatic rings. The number of piperidine rings is 1. The summed E-state index contributed by atoms with van der Waals surface area (Å²) in [6, 6.07) is 2.45. The predicted molar refractivity (Wildman–Crippen MR) is 87.1 cm³/mol. The van der Waals surface area contributed by atoms with Gasteiger partial charge in [-0.2, -0.15) is 5.10 Å². The first-order valence-corrected chi connectivity index (χ1v) is 8.93. The van der Waals surface area contributed by atoms with Gasteiger partial charge in [0.25, 0.3) is 0 Å². The Morgan fingerprint density at radius 3 is 2.96 bits per heavy atom. The molecule has 2 aromatic heterocycles. The number of likely N-dealkylation sites (tertiary alicyclic amines) is 1. The third-order valence-electron chi connectivity index (χ3n) is 5.12. The Kier molecular flexibility index (Phi) is 4.84. The standard InChI is InChI=1S/C16H25N7O/c1-3-15(22-8-2-6-17-22)12-21(7-1)13-16-18-19-20-23(16)11-14-4-9-24-10-5-14/h2,6,8,14-15H,1,3-5,7,9-13H2. The number of aromatic nitrogens is 6. The van der Waals surface area contributed by atoms with E-state index in [0.717, 1.165) is 58.1 Å². The van der Waals surface area contributed by atoms with Gasteiger partial charge in [0.15, 0.2) is 5.82 Å². The molecular weight excluding hydrogens is 306 g/mol. The molecule has 1 unspecified atom stereocenters. The lowest BCUT2D eigenvalue weighted by atomic mass is 10.0. The summed E-state index contributed by atoms with van der Waals surface area (Å²) in [4.78, 5) is 2.45. The molecule has 2 saturated heterocycles. The Hall–Kier alpha value is -1.80. The van der Waals surface area contributed by atoms with Crippen LogP contribution in [0.15, 0.2) is 18.5 Å². The van der Waals surface area contributed by atoms with E-state index in [0.29, 0.717) is 12.0 Å². The number of hydrogen-bond acceptors (Lipinski definition) is 6. The van der Waals surface area contributed by atoms with Crippen molar-refractivity contribution in [2.24, 2.45) is 5.92 Å². The van der Waals surface area contributed by atoms with E-state index in [1.807, 2.05) is 16.9 Å². The maximum absolute atomic E-state index is 5.44. The fraction of sp³-hybridized carbons (Fsp3) is 0.750. The summed E-state index contributed by atoms with van der Waals surface area (Å²) in [6.45, 7) is 5.55. The Bertz CT molecular complexity index is 620. The van der Waals surface area contributed by atoms with Gasteiger partial charge in [-0.3, -0.25) is 9.58 Å². The first kappa shape index (κ1) is 15.7. The van der Waals surface area contributed by atoms with Crippen molar-refractivity contribution in [3.63, 3.8) is 0 Å². The van der Waals surface area contributed by atoms with E-state index in [1.54, 1.807) is 0 Å². The molecule has 0 aliphatic carbocycles. The number of ether oxygens (including phenoxy) is 1. The highest BCUT2D eigenvalue weighted by Crippen LogP contribution is 2.22. The first-order valence-electron chi connectivity index (χ1n) is 8.93. The van der Waals surface area contributed by atoms with Gasteiger partial charge in [0.2, 0.25) is 0 Å². The van der Waals surface area contributed by atoms with Gasteiger partial charge in [0.05, 0.1) is 12.6 Å². The fourth-order valence-corrected chi connectivity index (χ4v) is 3.74. The zero-order valence-electron chi connectivity index (χ0n) is 14.0. The highest BCUT2D eigenvalue weighted by molar-refractivity contribution is 4.88. The van der Waals surface area contributed by atoms with E-state index >= 15 is 0 Å². The van der Waals surface area contributed by atoms with Crippen LogP contribution in [0, 0.1) is 5.92 Å². The van der Waals surface area contributed by atoms with E-state index in [1.165, 1.54) is 12.8 Å². The molecular formula is C16H25N7O. The topological polar surface area (TPSA) is 73.9 Å². The molecule has 130 valence electrons. The molecule has 0 radical (unpaired) electrons. The summed E-state index contributed by atoms with van der Waals surface area (Å²) in [6.07, 6.45) is 8.49. The number of nitrogens with zero attached hydrogens (tertiary/aromatic N) is 7. The minimum absolute atomic E-state index is 0.452. The Balaban J connectivity index is 1.37. The van der Waals surface area contributed by atoms with E-state index < -0.39 is 0 Å². The van der Waals surface area contributed by atoms with E-state index in [9.17, 15) is 0 Å². The van der Waals surface area contributed by atoms with Crippen molar-refractivity contribution in [3.05, 3.63) is 24.3 Å². The van der Waals surface area contributed by atoms with Crippen molar-refractivity contribution in [2.45, 2.75) is 44.8 Å². The minimum Gasteiger partial charge on any atom is -0.381 e. The normalized spacial score (nSPS) is 23.6. The van der Waals surface area contributed by atoms with Crippen molar-refractivity contribution in [2.75, 3.05) is 26.3 Å². The minimum atomic E-state index is 0.452. The summed E-state index contributed by atoms with van der Waals surface area (Å²) in [7, 11) is 0. The lowest BCUT2D eigenvalue weighted by Gasteiger charge is -2.32. The molecule has 24 heavy (non-hydrogen) atoms. The lowest BCUT2D eigenvalue weighted by molar-refractivity contribution is 0.0592. The van der Waals surface area contributed by atoms with Gasteiger partial charge in [0, 0.05) is 38.7 Å². The molecule has 0 aromatic carbocycles. The third-order valence-corrected chi connectivity index (χ3v) is 5.12. The van der Waals surface area contributed by atoms with Crippen LogP contribution in [0.25, 0.3) is 0 Å². The number of tetrazole rings is 1. The van der Waals surface area contributed by atoms with Gasteiger partial charge in [-0.1, -0.05) is 0 Å². The average molecular weight is 331 g/mol. The smallest absolute Gasteiger partial charge is 0.165 e. The van der Waals surface area contributed by atoms with Crippen molar-refractivity contribution in [1.29, 1.82) is 0 Å². The molecule has 8 heteroatoms. The van der Waals surface area contributed by atoms with Crippen LogP contribution in [-0.2, 0) is 17.8 Å². The highest BCUT2D eigenvalue weighted by atomic mass is 16.5. The first-order chi connectivity index (χ1) is 11.9. The van der Waals surface area contributed by atoms with Gasteiger partial charge < -0.3 is 4.74 Å². The number of hydrogen-bond donors (Lipinski definition) is 0. The summed E-state index contributed by atoms with van der Waals surface area (Å²) in [5.41, 5.74) is 0. The van der Waals surface area contributed by atoms with E-state index in [4.69, 9.17) is 4.74 Å². The largest absolute Gasteiger partial charge is 0.381 e. The SMILES string of the molecule is c1cnn(C2CCCN(Cc3nnnn3CC3CCOCC3)C2)c1. The molecule has 4 rings (SSSR count). The summed E-state index contributed by atoms with van der Waals surface area (Å²) in [5.74, 6) is 1.60. The molecule has 1 atom stereocenters. The van der Waals surface area contributed by atoms with E-state index in [-0.39, 0.29) is 0 Å². The summed E-state index contributed by atoms with van der Waals surface area (Å²) < 4.78 is 9.51. The molecule has 0 saturated carbocycles. The zero-order valence-corrected chi connectivity index (χ0v) is 14.0. The van der Waals surface area contributed by atoms with Gasteiger partial charge in [-0.15, -0.1) is 5.10 Å². The molecule has 4 heterocycles. The second-order valence-corrected chi connectivity index (χ2v) is 6.85. The second kappa shape index (κ2) is 7.40. The van der Waals surface area contributed by atoms with Crippen LogP contribution in [0.1, 0.15) is 37.5 Å². The highest BCUT2D eigenvalue weighted by Gasteiger charge is 2.24. The van der Waals surface area contributed by atoms with Crippen LogP contribution in [0.5, 0.6) is 0 Å².